The first kappa shape index (κ1) is 21.8. The molecule has 2 aliphatic rings. The van der Waals surface area contributed by atoms with Crippen molar-refractivity contribution in [2.24, 2.45) is 0 Å². The minimum atomic E-state index is -0.128. The fraction of sp³-hybridized carbons (Fsp3) is 0.458. The molecular formula is C24H28N6O2S. The number of aryl methyl sites for hydroxylation is 2. The standard InChI is InChI=1S/C24H28N6O2S/c1-15-13-18(16(2)33-15)20-8-10-26-24(28-20)30-22(17-6-7-17)19(14-27-30)23(32)25-9-4-12-29-11-3-5-21(29)31/h8,10,13-14,17H,3-7,9,11-12H2,1-2H3,(H,25,32). The number of thiophene rings is 1. The summed E-state index contributed by atoms with van der Waals surface area (Å²) in [7, 11) is 0. The molecule has 172 valence electrons. The van der Waals surface area contributed by atoms with E-state index in [0.29, 0.717) is 36.9 Å². The molecule has 33 heavy (non-hydrogen) atoms. The minimum Gasteiger partial charge on any atom is -0.352 e. The highest BCUT2D eigenvalue weighted by atomic mass is 32.1. The first-order chi connectivity index (χ1) is 16.0. The molecule has 0 aromatic carbocycles. The quantitative estimate of drug-likeness (QED) is 0.514. The summed E-state index contributed by atoms with van der Waals surface area (Å²) in [5.41, 5.74) is 3.45. The number of aromatic nitrogens is 4. The van der Waals surface area contributed by atoms with E-state index in [-0.39, 0.29) is 11.8 Å². The first-order valence-corrected chi connectivity index (χ1v) is 12.4. The van der Waals surface area contributed by atoms with Gasteiger partial charge in [0.2, 0.25) is 5.91 Å². The Morgan fingerprint density at radius 3 is 2.85 bits per heavy atom. The van der Waals surface area contributed by atoms with E-state index >= 15 is 0 Å². The van der Waals surface area contributed by atoms with Crippen molar-refractivity contribution in [3.8, 4) is 17.2 Å². The Hall–Kier alpha value is -3.07. The third kappa shape index (κ3) is 4.55. The van der Waals surface area contributed by atoms with Gasteiger partial charge in [0.15, 0.2) is 0 Å². The van der Waals surface area contributed by atoms with Crippen LogP contribution in [0.25, 0.3) is 17.2 Å². The van der Waals surface area contributed by atoms with E-state index in [9.17, 15) is 9.59 Å². The lowest BCUT2D eigenvalue weighted by atomic mass is 10.1. The van der Waals surface area contributed by atoms with Crippen LogP contribution in [0.2, 0.25) is 0 Å². The second kappa shape index (κ2) is 9.05. The van der Waals surface area contributed by atoms with Crippen LogP contribution in [0.3, 0.4) is 0 Å². The third-order valence-electron chi connectivity index (χ3n) is 6.23. The van der Waals surface area contributed by atoms with Crippen molar-refractivity contribution in [3.05, 3.63) is 45.5 Å². The lowest BCUT2D eigenvalue weighted by Gasteiger charge is -2.15. The molecule has 8 nitrogen and oxygen atoms in total. The molecule has 1 saturated carbocycles. The zero-order valence-corrected chi connectivity index (χ0v) is 19.8. The molecule has 5 rings (SSSR count). The van der Waals surface area contributed by atoms with Crippen molar-refractivity contribution in [3.63, 3.8) is 0 Å². The van der Waals surface area contributed by atoms with Crippen LogP contribution in [0, 0.1) is 13.8 Å². The zero-order chi connectivity index (χ0) is 22.9. The number of amides is 2. The average molecular weight is 465 g/mol. The molecule has 9 heteroatoms. The molecule has 0 radical (unpaired) electrons. The zero-order valence-electron chi connectivity index (χ0n) is 19.0. The van der Waals surface area contributed by atoms with Crippen molar-refractivity contribution >= 4 is 23.2 Å². The molecule has 1 saturated heterocycles. The molecule has 0 unspecified atom stereocenters. The summed E-state index contributed by atoms with van der Waals surface area (Å²) in [6.45, 7) is 6.24. The topological polar surface area (TPSA) is 93.0 Å². The second-order valence-corrected chi connectivity index (χ2v) is 10.3. The van der Waals surface area contributed by atoms with Gasteiger partial charge < -0.3 is 10.2 Å². The molecule has 1 N–H and O–H groups in total. The van der Waals surface area contributed by atoms with Crippen LogP contribution in [0.15, 0.2) is 24.5 Å². The number of carbonyl (C=O) groups is 2. The first-order valence-electron chi connectivity index (χ1n) is 11.6. The van der Waals surface area contributed by atoms with Gasteiger partial charge in [0.05, 0.1) is 23.1 Å². The number of nitrogens with one attached hydrogen (secondary N) is 1. The molecule has 0 atom stereocenters. The van der Waals surface area contributed by atoms with Gasteiger partial charge >= 0.3 is 0 Å². The van der Waals surface area contributed by atoms with Gasteiger partial charge in [-0.3, -0.25) is 9.59 Å². The Kier molecular flexibility index (Phi) is 5.97. The van der Waals surface area contributed by atoms with E-state index in [2.05, 4.69) is 35.3 Å². The van der Waals surface area contributed by atoms with Gasteiger partial charge in [-0.2, -0.15) is 5.10 Å². The highest BCUT2D eigenvalue weighted by Gasteiger charge is 2.33. The van der Waals surface area contributed by atoms with Crippen LogP contribution in [0.1, 0.15) is 63.8 Å². The Balaban J connectivity index is 1.33. The predicted octanol–water partition coefficient (Wildman–Crippen LogP) is 3.63. The number of nitrogens with zero attached hydrogens (tertiary/aromatic N) is 5. The summed E-state index contributed by atoms with van der Waals surface area (Å²) in [4.78, 5) is 38.3. The maximum absolute atomic E-state index is 13.0. The van der Waals surface area contributed by atoms with Gasteiger partial charge in [0.1, 0.15) is 0 Å². The van der Waals surface area contributed by atoms with Crippen LogP contribution in [0.4, 0.5) is 0 Å². The van der Waals surface area contributed by atoms with E-state index in [1.54, 1.807) is 28.4 Å². The van der Waals surface area contributed by atoms with Gasteiger partial charge in [-0.1, -0.05) is 0 Å². The molecule has 0 bridgehead atoms. The lowest BCUT2D eigenvalue weighted by molar-refractivity contribution is -0.127. The van der Waals surface area contributed by atoms with Crippen LogP contribution in [0.5, 0.6) is 0 Å². The van der Waals surface area contributed by atoms with Gasteiger partial charge in [-0.15, -0.1) is 11.3 Å². The average Bonchev–Trinajstić information content (AvgIpc) is 3.25. The lowest BCUT2D eigenvalue weighted by Crippen LogP contribution is -2.31. The summed E-state index contributed by atoms with van der Waals surface area (Å²) in [5.74, 6) is 0.877. The molecule has 2 amide bonds. The van der Waals surface area contributed by atoms with Crippen molar-refractivity contribution < 1.29 is 9.59 Å². The van der Waals surface area contributed by atoms with Crippen LogP contribution in [-0.2, 0) is 4.79 Å². The van der Waals surface area contributed by atoms with Crippen LogP contribution in [-0.4, -0.2) is 56.1 Å². The molecular weight excluding hydrogens is 436 g/mol. The monoisotopic (exact) mass is 464 g/mol. The maximum atomic E-state index is 13.0. The second-order valence-electron chi connectivity index (χ2n) is 8.79. The van der Waals surface area contributed by atoms with Crippen molar-refractivity contribution in [2.75, 3.05) is 19.6 Å². The largest absolute Gasteiger partial charge is 0.352 e. The van der Waals surface area contributed by atoms with E-state index in [4.69, 9.17) is 4.98 Å². The van der Waals surface area contributed by atoms with E-state index in [0.717, 1.165) is 49.2 Å². The molecule has 0 spiro atoms. The molecule has 1 aliphatic carbocycles. The normalized spacial score (nSPS) is 15.9. The molecule has 1 aliphatic heterocycles. The van der Waals surface area contributed by atoms with Crippen molar-refractivity contribution in [2.45, 2.75) is 51.9 Å². The van der Waals surface area contributed by atoms with E-state index in [1.807, 2.05) is 11.0 Å². The minimum absolute atomic E-state index is 0.128. The Labute approximate surface area is 197 Å². The van der Waals surface area contributed by atoms with Gasteiger partial charge in [0, 0.05) is 53.5 Å². The van der Waals surface area contributed by atoms with Crippen LogP contribution < -0.4 is 5.32 Å². The smallest absolute Gasteiger partial charge is 0.254 e. The highest BCUT2D eigenvalue weighted by molar-refractivity contribution is 7.12. The summed E-state index contributed by atoms with van der Waals surface area (Å²) >= 11 is 1.75. The summed E-state index contributed by atoms with van der Waals surface area (Å²) in [6, 6.07) is 4.06. The Morgan fingerprint density at radius 2 is 2.15 bits per heavy atom. The number of likely N-dealkylation sites (tertiary alicyclic amines) is 1. The number of carbonyl (C=O) groups excluding carboxylic acids is 2. The Bertz CT molecular complexity index is 1200. The van der Waals surface area contributed by atoms with Crippen molar-refractivity contribution in [1.82, 2.24) is 30.0 Å². The molecule has 4 heterocycles. The molecule has 3 aromatic rings. The van der Waals surface area contributed by atoms with Crippen molar-refractivity contribution in [1.29, 1.82) is 0 Å². The molecule has 2 fully saturated rings. The van der Waals surface area contributed by atoms with E-state index < -0.39 is 0 Å². The van der Waals surface area contributed by atoms with E-state index in [1.165, 1.54) is 9.75 Å². The third-order valence-corrected chi connectivity index (χ3v) is 7.19. The SMILES string of the molecule is Cc1cc(-c2ccnc(-n3ncc(C(=O)NCCCN4CCCC4=O)c3C3CC3)n2)c(C)s1. The van der Waals surface area contributed by atoms with Gasteiger partial charge in [-0.05, 0) is 51.7 Å². The number of hydrogen-bond donors (Lipinski definition) is 1. The highest BCUT2D eigenvalue weighted by Crippen LogP contribution is 2.42. The predicted molar refractivity (Wildman–Crippen MR) is 127 cm³/mol. The summed E-state index contributed by atoms with van der Waals surface area (Å²) < 4.78 is 1.73. The Morgan fingerprint density at radius 1 is 1.30 bits per heavy atom. The van der Waals surface area contributed by atoms with Gasteiger partial charge in [-0.25, -0.2) is 14.6 Å². The number of hydrogen-bond acceptors (Lipinski definition) is 6. The maximum Gasteiger partial charge on any atom is 0.254 e. The molecule has 3 aromatic heterocycles. The number of rotatable bonds is 8. The fourth-order valence-electron chi connectivity index (χ4n) is 4.43. The fourth-order valence-corrected chi connectivity index (χ4v) is 5.37. The van der Waals surface area contributed by atoms with Crippen LogP contribution >= 0.6 is 11.3 Å². The van der Waals surface area contributed by atoms with Gasteiger partial charge in [0.25, 0.3) is 11.9 Å². The summed E-state index contributed by atoms with van der Waals surface area (Å²) in [6.07, 6.45) is 7.77. The summed E-state index contributed by atoms with van der Waals surface area (Å²) in [5, 5.41) is 7.52.